The third-order valence-corrected chi connectivity index (χ3v) is 4.60. The first-order chi connectivity index (χ1) is 12.6. The monoisotopic (exact) mass is 401 g/mol. The highest BCUT2D eigenvalue weighted by Gasteiger charge is 2.30. The number of benzene rings is 1. The van der Waals surface area contributed by atoms with Gasteiger partial charge in [0.05, 0.1) is 16.6 Å². The van der Waals surface area contributed by atoms with E-state index in [1.165, 1.54) is 12.1 Å². The Balaban J connectivity index is 1.76. The molecule has 0 aliphatic rings. The van der Waals surface area contributed by atoms with Crippen LogP contribution < -0.4 is 10.6 Å². The van der Waals surface area contributed by atoms with Crippen LogP contribution in [-0.4, -0.2) is 28.0 Å². The van der Waals surface area contributed by atoms with Crippen LogP contribution in [0.15, 0.2) is 34.9 Å². The Morgan fingerprint density at radius 3 is 2.67 bits per heavy atom. The normalized spacial score (nSPS) is 12.5. The average molecular weight is 401 g/mol. The van der Waals surface area contributed by atoms with Crippen molar-refractivity contribution >= 4 is 29.4 Å². The van der Waals surface area contributed by atoms with Gasteiger partial charge < -0.3 is 15.2 Å². The fourth-order valence-corrected chi connectivity index (χ4v) is 2.75. The van der Waals surface area contributed by atoms with E-state index >= 15 is 0 Å². The molecule has 2 N–H and O–H groups in total. The second kappa shape index (κ2) is 8.94. The molecule has 146 valence electrons. The zero-order chi connectivity index (χ0) is 20.0. The Hall–Kier alpha value is -2.49. The van der Waals surface area contributed by atoms with Gasteiger partial charge in [-0.05, 0) is 31.5 Å². The number of carbonyl (C=O) groups excluding carboxylic acids is 2. The Morgan fingerprint density at radius 2 is 2.04 bits per heavy atom. The lowest BCUT2D eigenvalue weighted by molar-refractivity contribution is -0.137. The summed E-state index contributed by atoms with van der Waals surface area (Å²) in [5, 5.41) is 8.22. The lowest BCUT2D eigenvalue weighted by Gasteiger charge is -2.11. The van der Waals surface area contributed by atoms with Gasteiger partial charge in [0.2, 0.25) is 11.8 Å². The SMILES string of the molecule is Cc1cc(NC(=O)C(C)SCC(=O)NCc2cccc(C(F)(F)F)c2)no1. The lowest BCUT2D eigenvalue weighted by Crippen LogP contribution is -2.28. The standard InChI is InChI=1S/C17H18F3N3O3S/c1-10-6-14(23-26-10)22-16(25)11(2)27-9-15(24)21-8-12-4-3-5-13(7-12)17(18,19)20/h3-7,11H,8-9H2,1-2H3,(H,21,24)(H,22,23,25). The number of nitrogens with one attached hydrogen (secondary N) is 2. The molecule has 0 spiro atoms. The summed E-state index contributed by atoms with van der Waals surface area (Å²) >= 11 is 1.10. The van der Waals surface area contributed by atoms with Crippen LogP contribution >= 0.6 is 11.8 Å². The van der Waals surface area contributed by atoms with E-state index in [4.69, 9.17) is 4.52 Å². The van der Waals surface area contributed by atoms with E-state index in [-0.39, 0.29) is 24.1 Å². The number of rotatable bonds is 7. The second-order valence-electron chi connectivity index (χ2n) is 5.74. The smallest absolute Gasteiger partial charge is 0.360 e. The van der Waals surface area contributed by atoms with E-state index in [1.807, 2.05) is 0 Å². The second-order valence-corrected chi connectivity index (χ2v) is 7.07. The van der Waals surface area contributed by atoms with Gasteiger partial charge in [0.1, 0.15) is 5.76 Å². The van der Waals surface area contributed by atoms with Gasteiger partial charge in [-0.1, -0.05) is 17.3 Å². The number of aryl methyl sites for hydroxylation is 1. The van der Waals surface area contributed by atoms with Gasteiger partial charge in [0.15, 0.2) is 5.82 Å². The summed E-state index contributed by atoms with van der Waals surface area (Å²) in [6.45, 7) is 3.30. The number of thioether (sulfide) groups is 1. The minimum atomic E-state index is -4.43. The highest BCUT2D eigenvalue weighted by Crippen LogP contribution is 2.29. The molecule has 2 rings (SSSR count). The van der Waals surface area contributed by atoms with E-state index in [9.17, 15) is 22.8 Å². The van der Waals surface area contributed by atoms with Crippen molar-refractivity contribution in [2.24, 2.45) is 0 Å². The molecule has 0 aliphatic carbocycles. The van der Waals surface area contributed by atoms with Gasteiger partial charge >= 0.3 is 6.18 Å². The summed E-state index contributed by atoms with van der Waals surface area (Å²) in [7, 11) is 0. The minimum absolute atomic E-state index is 0.00854. The van der Waals surface area contributed by atoms with E-state index in [2.05, 4.69) is 15.8 Å². The predicted octanol–water partition coefficient (Wildman–Crippen LogP) is 3.38. The van der Waals surface area contributed by atoms with Gasteiger partial charge in [0, 0.05) is 12.6 Å². The first-order valence-electron chi connectivity index (χ1n) is 7.94. The Labute approximate surface area is 157 Å². The topological polar surface area (TPSA) is 84.2 Å². The zero-order valence-electron chi connectivity index (χ0n) is 14.6. The minimum Gasteiger partial charge on any atom is -0.360 e. The molecule has 6 nitrogen and oxygen atoms in total. The highest BCUT2D eigenvalue weighted by molar-refractivity contribution is 8.01. The van der Waals surface area contributed by atoms with Gasteiger partial charge in [-0.3, -0.25) is 9.59 Å². The molecule has 1 unspecified atom stereocenters. The van der Waals surface area contributed by atoms with Crippen molar-refractivity contribution < 1.29 is 27.3 Å². The number of halogens is 3. The van der Waals surface area contributed by atoms with E-state index in [0.29, 0.717) is 17.1 Å². The van der Waals surface area contributed by atoms with Crippen molar-refractivity contribution in [2.45, 2.75) is 31.8 Å². The number of amides is 2. The summed E-state index contributed by atoms with van der Waals surface area (Å²) in [5.74, 6) is 0.123. The van der Waals surface area contributed by atoms with Crippen molar-refractivity contribution in [3.8, 4) is 0 Å². The van der Waals surface area contributed by atoms with Crippen LogP contribution in [0.25, 0.3) is 0 Å². The van der Waals surface area contributed by atoms with Crippen LogP contribution in [0.4, 0.5) is 19.0 Å². The molecule has 1 aromatic heterocycles. The molecule has 0 bridgehead atoms. The first kappa shape index (κ1) is 20.8. The molecule has 1 aromatic carbocycles. The average Bonchev–Trinajstić information content (AvgIpc) is 3.02. The van der Waals surface area contributed by atoms with Crippen LogP contribution in [0, 0.1) is 6.92 Å². The third-order valence-electron chi connectivity index (χ3n) is 3.46. The van der Waals surface area contributed by atoms with Crippen LogP contribution in [0.5, 0.6) is 0 Å². The zero-order valence-corrected chi connectivity index (χ0v) is 15.4. The van der Waals surface area contributed by atoms with Crippen LogP contribution in [-0.2, 0) is 22.3 Å². The molecule has 0 radical (unpaired) electrons. The Bertz CT molecular complexity index is 808. The van der Waals surface area contributed by atoms with Gasteiger partial charge in [-0.15, -0.1) is 11.8 Å². The van der Waals surface area contributed by atoms with Gasteiger partial charge in [0.25, 0.3) is 0 Å². The van der Waals surface area contributed by atoms with Crippen LogP contribution in [0.1, 0.15) is 23.8 Å². The molecule has 1 atom stereocenters. The fraction of sp³-hybridized carbons (Fsp3) is 0.353. The fourth-order valence-electron chi connectivity index (χ4n) is 2.04. The molecule has 1 heterocycles. The molecule has 2 amide bonds. The van der Waals surface area contributed by atoms with Gasteiger partial charge in [-0.25, -0.2) is 0 Å². The number of carbonyl (C=O) groups is 2. The molecular weight excluding hydrogens is 383 g/mol. The maximum Gasteiger partial charge on any atom is 0.416 e. The van der Waals surface area contributed by atoms with Crippen molar-refractivity contribution in [1.29, 1.82) is 0 Å². The number of anilines is 1. The number of nitrogens with zero attached hydrogens (tertiary/aromatic N) is 1. The molecule has 2 aromatic rings. The molecule has 0 aliphatic heterocycles. The molecule has 0 fully saturated rings. The van der Waals surface area contributed by atoms with Crippen LogP contribution in [0.3, 0.4) is 0 Å². The molecule has 0 saturated carbocycles. The van der Waals surface area contributed by atoms with E-state index < -0.39 is 17.0 Å². The van der Waals surface area contributed by atoms with Crippen LogP contribution in [0.2, 0.25) is 0 Å². The summed E-state index contributed by atoms with van der Waals surface area (Å²) in [6, 6.07) is 6.31. The number of alkyl halides is 3. The molecule has 27 heavy (non-hydrogen) atoms. The summed E-state index contributed by atoms with van der Waals surface area (Å²) in [6.07, 6.45) is -4.43. The Kier molecular flexibility index (Phi) is 6.89. The number of hydrogen-bond acceptors (Lipinski definition) is 5. The number of hydrogen-bond donors (Lipinski definition) is 2. The summed E-state index contributed by atoms with van der Waals surface area (Å²) in [5.41, 5.74) is -0.424. The predicted molar refractivity (Wildman–Crippen MR) is 95.1 cm³/mol. The third kappa shape index (κ3) is 6.63. The van der Waals surface area contributed by atoms with Gasteiger partial charge in [-0.2, -0.15) is 13.2 Å². The molecule has 0 saturated heterocycles. The quantitative estimate of drug-likeness (QED) is 0.743. The maximum atomic E-state index is 12.7. The lowest BCUT2D eigenvalue weighted by atomic mass is 10.1. The Morgan fingerprint density at radius 1 is 1.30 bits per heavy atom. The summed E-state index contributed by atoms with van der Waals surface area (Å²) < 4.78 is 42.9. The number of aromatic nitrogens is 1. The summed E-state index contributed by atoms with van der Waals surface area (Å²) in [4.78, 5) is 23.9. The van der Waals surface area contributed by atoms with Crippen molar-refractivity contribution in [3.63, 3.8) is 0 Å². The van der Waals surface area contributed by atoms with Crippen molar-refractivity contribution in [2.75, 3.05) is 11.1 Å². The van der Waals surface area contributed by atoms with E-state index in [0.717, 1.165) is 23.9 Å². The van der Waals surface area contributed by atoms with E-state index in [1.54, 1.807) is 19.9 Å². The molecular formula is C17H18F3N3O3S. The van der Waals surface area contributed by atoms with Crippen molar-refractivity contribution in [1.82, 2.24) is 10.5 Å². The maximum absolute atomic E-state index is 12.7. The molecule has 10 heteroatoms. The largest absolute Gasteiger partial charge is 0.416 e. The first-order valence-corrected chi connectivity index (χ1v) is 8.98. The van der Waals surface area contributed by atoms with Crippen molar-refractivity contribution in [3.05, 3.63) is 47.2 Å². The highest BCUT2D eigenvalue weighted by atomic mass is 32.2.